The molecule has 16 heteroatoms. The summed E-state index contributed by atoms with van der Waals surface area (Å²) in [6.07, 6.45) is 40.3. The van der Waals surface area contributed by atoms with Gasteiger partial charge in [-0.05, 0) is 18.6 Å². The van der Waals surface area contributed by atoms with Crippen LogP contribution in [-0.4, -0.2) is 142 Å². The van der Waals surface area contributed by atoms with Gasteiger partial charge in [-0.3, -0.25) is 9.13 Å². The van der Waals surface area contributed by atoms with Gasteiger partial charge in [0.25, 0.3) is 15.6 Å². The highest BCUT2D eigenvalue weighted by molar-refractivity contribution is 7.99. The molecule has 418 valence electrons. The van der Waals surface area contributed by atoms with Crippen molar-refractivity contribution in [1.29, 1.82) is 0 Å². The molecule has 0 saturated carbocycles. The summed E-state index contributed by atoms with van der Waals surface area (Å²) in [6.45, 7) is 7.44. The van der Waals surface area contributed by atoms with Crippen molar-refractivity contribution in [3.8, 4) is 0 Å². The number of hydrogen-bond donors (Lipinski definition) is 0. The van der Waals surface area contributed by atoms with Crippen molar-refractivity contribution < 1.29 is 60.2 Å². The minimum Gasteiger partial charge on any atom is -0.756 e. The van der Waals surface area contributed by atoms with Crippen LogP contribution >= 0.6 is 27.4 Å². The van der Waals surface area contributed by atoms with Gasteiger partial charge in [-0.2, -0.15) is 11.8 Å². The summed E-state index contributed by atoms with van der Waals surface area (Å²) < 4.78 is 61.2. The van der Waals surface area contributed by atoms with Crippen LogP contribution in [0, 0.1) is 5.92 Å². The highest BCUT2D eigenvalue weighted by atomic mass is 32.2. The molecular weight excluding hydrogens is 935 g/mol. The Morgan fingerprint density at radius 3 is 1.13 bits per heavy atom. The molecule has 0 aliphatic rings. The van der Waals surface area contributed by atoms with Gasteiger partial charge in [-0.15, -0.1) is 0 Å². The molecule has 0 aromatic heterocycles. The van der Waals surface area contributed by atoms with Gasteiger partial charge in [-0.25, -0.2) is 0 Å². The minimum absolute atomic E-state index is 0.0471. The molecule has 0 saturated heterocycles. The maximum absolute atomic E-state index is 12.0. The van der Waals surface area contributed by atoms with E-state index in [0.29, 0.717) is 41.9 Å². The van der Waals surface area contributed by atoms with Gasteiger partial charge in [0, 0.05) is 32.5 Å². The average Bonchev–Trinajstić information content (AvgIpc) is 3.27. The van der Waals surface area contributed by atoms with E-state index in [1.165, 1.54) is 193 Å². The Hall–Kier alpha value is 0.370. The van der Waals surface area contributed by atoms with E-state index in [1.54, 1.807) is 7.11 Å². The first-order valence-electron chi connectivity index (χ1n) is 27.9. The number of likely N-dealkylation sites (N-methyl/N-ethyl adjacent to an activating group) is 2. The standard InChI is InChI=1S/C27H58NO6P.C26H56NO5PS/c1-6-7-8-9-10-11-12-13-14-15-16-17-18-19-20-21-23-32-25-27(31-5)26-34-35(29,30)33-24-22-28(2,3)4;1-6-7-8-9-10-11-12-13-14-15-16-17-18-19-22-34-25-26(23-30-5)24-32-33(28,29)31-21-20-27(2,3)4/h27H,6-26H2,1-5H3;26H,6-25H2,1-5H3. The summed E-state index contributed by atoms with van der Waals surface area (Å²) in [4.78, 5) is 23.8. The fourth-order valence-corrected chi connectivity index (χ4v) is 10.1. The van der Waals surface area contributed by atoms with Gasteiger partial charge in [0.1, 0.15) is 32.4 Å². The molecule has 0 bridgehead atoms. The molecule has 0 fully saturated rings. The van der Waals surface area contributed by atoms with Crippen LogP contribution in [0.15, 0.2) is 0 Å². The number of phosphoric ester groups is 2. The van der Waals surface area contributed by atoms with Crippen LogP contribution in [0.3, 0.4) is 0 Å². The van der Waals surface area contributed by atoms with Crippen molar-refractivity contribution in [2.75, 3.05) is 127 Å². The predicted octanol–water partition coefficient (Wildman–Crippen LogP) is 13.2. The van der Waals surface area contributed by atoms with Crippen LogP contribution in [-0.2, 0) is 41.4 Å². The van der Waals surface area contributed by atoms with E-state index in [2.05, 4.69) is 13.8 Å². The topological polar surface area (TPSA) is 145 Å². The monoisotopic (exact) mass is 1050 g/mol. The van der Waals surface area contributed by atoms with Crippen molar-refractivity contribution >= 4 is 27.4 Å². The van der Waals surface area contributed by atoms with Gasteiger partial charge in [0.05, 0.1) is 68.7 Å². The normalized spacial score (nSPS) is 14.8. The third-order valence-electron chi connectivity index (χ3n) is 12.1. The van der Waals surface area contributed by atoms with Crippen LogP contribution < -0.4 is 9.79 Å². The summed E-state index contributed by atoms with van der Waals surface area (Å²) in [5, 5.41) is 0. The van der Waals surface area contributed by atoms with Gasteiger partial charge >= 0.3 is 0 Å². The number of quaternary nitrogens is 2. The first-order valence-corrected chi connectivity index (χ1v) is 32.0. The quantitative estimate of drug-likeness (QED) is 0.0325. The number of nitrogens with zero attached hydrogens (tertiary/aromatic N) is 2. The van der Waals surface area contributed by atoms with E-state index >= 15 is 0 Å². The number of phosphoric acid groups is 2. The zero-order chi connectivity index (χ0) is 51.8. The van der Waals surface area contributed by atoms with Crippen LogP contribution in [0.5, 0.6) is 0 Å². The maximum Gasteiger partial charge on any atom is 0.268 e. The predicted molar refractivity (Wildman–Crippen MR) is 289 cm³/mol. The number of thioether (sulfide) groups is 1. The first kappa shape index (κ1) is 71.4. The molecule has 0 amide bonds. The zero-order valence-electron chi connectivity index (χ0n) is 46.8. The summed E-state index contributed by atoms with van der Waals surface area (Å²) in [5.74, 6) is 1.99. The number of rotatable bonds is 53. The van der Waals surface area contributed by atoms with E-state index in [0.717, 1.165) is 17.9 Å². The van der Waals surface area contributed by atoms with E-state index in [4.69, 9.17) is 32.3 Å². The number of hydrogen-bond acceptors (Lipinski definition) is 12. The lowest BCUT2D eigenvalue weighted by Crippen LogP contribution is -2.37. The van der Waals surface area contributed by atoms with E-state index in [-0.39, 0.29) is 32.3 Å². The smallest absolute Gasteiger partial charge is 0.268 e. The van der Waals surface area contributed by atoms with Crippen molar-refractivity contribution in [1.82, 2.24) is 0 Å². The Balaban J connectivity index is 0. The van der Waals surface area contributed by atoms with Gasteiger partial charge in [0.15, 0.2) is 0 Å². The van der Waals surface area contributed by atoms with Crippen molar-refractivity contribution in [3.63, 3.8) is 0 Å². The lowest BCUT2D eigenvalue weighted by Gasteiger charge is -2.28. The highest BCUT2D eigenvalue weighted by Gasteiger charge is 2.19. The molecule has 0 aliphatic carbocycles. The Morgan fingerprint density at radius 1 is 0.435 bits per heavy atom. The largest absolute Gasteiger partial charge is 0.756 e. The SMILES string of the molecule is CCCCCCCCCCCCCCCCCCOCC(COP(=O)([O-])OCC[N+](C)(C)C)OC.CCCCCCCCCCCCCCCCSCC(COC)COP(=O)([O-])OCC[N+](C)(C)C. The van der Waals surface area contributed by atoms with Crippen LogP contribution in [0.1, 0.15) is 206 Å². The fraction of sp³-hybridized carbons (Fsp3) is 1.00. The third-order valence-corrected chi connectivity index (χ3v) is 15.3. The van der Waals surface area contributed by atoms with Crippen molar-refractivity contribution in [3.05, 3.63) is 0 Å². The summed E-state index contributed by atoms with van der Waals surface area (Å²) in [6, 6.07) is 0. The molecule has 0 heterocycles. The summed E-state index contributed by atoms with van der Waals surface area (Å²) in [7, 11) is 6.47. The number of unbranched alkanes of at least 4 members (excludes halogenated alkanes) is 28. The highest BCUT2D eigenvalue weighted by Crippen LogP contribution is 2.39. The average molecular weight is 1050 g/mol. The van der Waals surface area contributed by atoms with E-state index in [1.807, 2.05) is 54.0 Å². The van der Waals surface area contributed by atoms with E-state index in [9.17, 15) is 18.9 Å². The molecule has 4 atom stereocenters. The zero-order valence-corrected chi connectivity index (χ0v) is 49.4. The fourth-order valence-electron chi connectivity index (χ4n) is 7.48. The van der Waals surface area contributed by atoms with Crippen molar-refractivity contribution in [2.45, 2.75) is 213 Å². The van der Waals surface area contributed by atoms with E-state index < -0.39 is 21.7 Å². The van der Waals surface area contributed by atoms with Gasteiger partial charge in [0.2, 0.25) is 0 Å². The molecule has 0 aromatic rings. The Morgan fingerprint density at radius 2 is 0.783 bits per heavy atom. The molecule has 4 unspecified atom stereocenters. The molecule has 0 radical (unpaired) electrons. The molecule has 69 heavy (non-hydrogen) atoms. The van der Waals surface area contributed by atoms with Crippen LogP contribution in [0.4, 0.5) is 0 Å². The first-order chi connectivity index (χ1) is 32.9. The molecule has 0 aliphatic heterocycles. The Kier molecular flexibility index (Phi) is 51.0. The molecule has 0 rings (SSSR count). The third kappa shape index (κ3) is 59.1. The van der Waals surface area contributed by atoms with Crippen molar-refractivity contribution in [2.24, 2.45) is 5.92 Å². The van der Waals surface area contributed by atoms with Gasteiger partial charge < -0.3 is 51.1 Å². The van der Waals surface area contributed by atoms with Crippen LogP contribution in [0.25, 0.3) is 0 Å². The molecular formula is C53H114N2O11P2S. The lowest BCUT2D eigenvalue weighted by atomic mass is 10.0. The molecule has 0 spiro atoms. The van der Waals surface area contributed by atoms with Gasteiger partial charge in [-0.1, -0.05) is 194 Å². The second kappa shape index (κ2) is 49.3. The molecule has 13 nitrogen and oxygen atoms in total. The Bertz CT molecular complexity index is 1170. The number of methoxy groups -OCH3 is 2. The Labute approximate surface area is 431 Å². The lowest BCUT2D eigenvalue weighted by molar-refractivity contribution is -0.870. The maximum atomic E-state index is 12.0. The minimum atomic E-state index is -4.32. The summed E-state index contributed by atoms with van der Waals surface area (Å²) >= 11 is 1.86. The molecule has 0 N–H and O–H groups in total. The number of ether oxygens (including phenoxy) is 3. The van der Waals surface area contributed by atoms with Crippen LogP contribution in [0.2, 0.25) is 0 Å². The molecule has 0 aromatic carbocycles. The second-order valence-corrected chi connectivity index (χ2v) is 25.4. The summed E-state index contributed by atoms with van der Waals surface area (Å²) in [5.41, 5.74) is 0. The second-order valence-electron chi connectivity index (χ2n) is 21.4.